The minimum Gasteiger partial charge on any atom is -0.507 e. The first kappa shape index (κ1) is 27.0. The Morgan fingerprint density at radius 1 is 1.02 bits per heavy atom. The highest BCUT2D eigenvalue weighted by Crippen LogP contribution is 2.44. The van der Waals surface area contributed by atoms with Crippen LogP contribution in [0.1, 0.15) is 35.2 Å². The first-order chi connectivity index (χ1) is 19.4. The number of hydrogen-bond acceptors (Lipinski definition) is 8. The minimum absolute atomic E-state index is 0.0417. The van der Waals surface area contributed by atoms with E-state index in [2.05, 4.69) is 4.98 Å². The standard InChI is InChI=1S/C31H28N2O6S/c1-4-38-24-14-11-21(17-25(24)37-3)27-26(29(35)30(36)33(27)31-32-15-16-40-31)28(34)20-9-12-23(13-10-20)39-18-22-8-6-5-7-19(22)2/h5-17,27,34H,4,18H2,1-3H3/b28-26+. The zero-order chi connectivity index (χ0) is 28.2. The summed E-state index contributed by atoms with van der Waals surface area (Å²) in [5.74, 6) is -0.282. The molecule has 1 atom stereocenters. The van der Waals surface area contributed by atoms with Gasteiger partial charge in [-0.25, -0.2) is 4.98 Å². The van der Waals surface area contributed by atoms with E-state index < -0.39 is 17.7 Å². The molecule has 0 aliphatic carbocycles. The van der Waals surface area contributed by atoms with Crippen molar-refractivity contribution in [1.29, 1.82) is 0 Å². The lowest BCUT2D eigenvalue weighted by Crippen LogP contribution is -2.29. The van der Waals surface area contributed by atoms with Gasteiger partial charge in [0.15, 0.2) is 16.6 Å². The van der Waals surface area contributed by atoms with E-state index in [0.29, 0.717) is 46.7 Å². The Balaban J connectivity index is 1.52. The Morgan fingerprint density at radius 2 is 1.80 bits per heavy atom. The summed E-state index contributed by atoms with van der Waals surface area (Å²) in [7, 11) is 1.52. The van der Waals surface area contributed by atoms with E-state index in [4.69, 9.17) is 14.2 Å². The number of anilines is 1. The van der Waals surface area contributed by atoms with E-state index in [-0.39, 0.29) is 11.3 Å². The first-order valence-electron chi connectivity index (χ1n) is 12.7. The maximum Gasteiger partial charge on any atom is 0.301 e. The van der Waals surface area contributed by atoms with Crippen LogP contribution in [0.25, 0.3) is 5.76 Å². The third kappa shape index (κ3) is 5.15. The molecule has 3 aromatic carbocycles. The molecule has 1 aliphatic rings. The van der Waals surface area contributed by atoms with E-state index in [0.717, 1.165) is 11.1 Å². The van der Waals surface area contributed by atoms with Crippen LogP contribution in [0.15, 0.2) is 83.9 Å². The molecule has 9 heteroatoms. The second-order valence-corrected chi connectivity index (χ2v) is 9.94. The molecule has 1 fully saturated rings. The van der Waals surface area contributed by atoms with Crippen molar-refractivity contribution in [1.82, 2.24) is 4.98 Å². The number of hydrogen-bond donors (Lipinski definition) is 1. The Hall–Kier alpha value is -4.63. The number of Topliss-reactive ketones (excluding diaryl/α,β-unsaturated/α-hetero) is 1. The molecule has 1 amide bonds. The fraction of sp³-hybridized carbons (Fsp3) is 0.194. The van der Waals surface area contributed by atoms with Gasteiger partial charge in [-0.15, -0.1) is 11.3 Å². The number of aromatic nitrogens is 1. The van der Waals surface area contributed by atoms with Crippen molar-refractivity contribution < 1.29 is 28.9 Å². The Labute approximate surface area is 236 Å². The van der Waals surface area contributed by atoms with Gasteiger partial charge in [0.05, 0.1) is 25.3 Å². The average Bonchev–Trinajstić information content (AvgIpc) is 3.59. The van der Waals surface area contributed by atoms with Crippen LogP contribution < -0.4 is 19.1 Å². The molecule has 40 heavy (non-hydrogen) atoms. The van der Waals surface area contributed by atoms with Gasteiger partial charge in [-0.1, -0.05) is 30.3 Å². The molecular weight excluding hydrogens is 528 g/mol. The van der Waals surface area contributed by atoms with Gasteiger partial charge >= 0.3 is 5.91 Å². The smallest absolute Gasteiger partial charge is 0.301 e. The van der Waals surface area contributed by atoms with E-state index in [1.54, 1.807) is 54.0 Å². The van der Waals surface area contributed by atoms with Crippen LogP contribution in [-0.2, 0) is 16.2 Å². The van der Waals surface area contributed by atoms with Crippen molar-refractivity contribution in [2.45, 2.75) is 26.5 Å². The number of aliphatic hydroxyl groups excluding tert-OH is 1. The van der Waals surface area contributed by atoms with Crippen LogP contribution in [-0.4, -0.2) is 35.5 Å². The van der Waals surface area contributed by atoms with Gasteiger partial charge in [-0.2, -0.15) is 0 Å². The average molecular weight is 557 g/mol. The van der Waals surface area contributed by atoms with Crippen LogP contribution in [0.5, 0.6) is 17.2 Å². The van der Waals surface area contributed by atoms with Gasteiger partial charge in [-0.05, 0) is 66.9 Å². The number of ketones is 1. The SMILES string of the molecule is CCOc1ccc(C2/C(=C(\O)c3ccc(OCc4ccccc4C)cc3)C(=O)C(=O)N2c2nccs2)cc1OC. The normalized spacial score (nSPS) is 16.3. The number of benzene rings is 3. The number of thiazole rings is 1. The lowest BCUT2D eigenvalue weighted by Gasteiger charge is -2.24. The summed E-state index contributed by atoms with van der Waals surface area (Å²) >= 11 is 1.23. The van der Waals surface area contributed by atoms with Crippen molar-refractivity contribution in [3.8, 4) is 17.2 Å². The zero-order valence-corrected chi connectivity index (χ0v) is 23.1. The second-order valence-electron chi connectivity index (χ2n) is 9.07. The molecule has 1 N–H and O–H groups in total. The number of ether oxygens (including phenoxy) is 3. The van der Waals surface area contributed by atoms with Crippen LogP contribution in [0.3, 0.4) is 0 Å². The predicted molar refractivity (Wildman–Crippen MR) is 153 cm³/mol. The molecule has 1 unspecified atom stereocenters. The second kappa shape index (κ2) is 11.6. The van der Waals surface area contributed by atoms with Gasteiger partial charge in [0.25, 0.3) is 5.78 Å². The van der Waals surface area contributed by atoms with Crippen LogP contribution in [0.4, 0.5) is 5.13 Å². The largest absolute Gasteiger partial charge is 0.507 e. The highest BCUT2D eigenvalue weighted by Gasteiger charge is 2.48. The fourth-order valence-electron chi connectivity index (χ4n) is 4.61. The number of carbonyl (C=O) groups is 2. The summed E-state index contributed by atoms with van der Waals surface area (Å²) in [6.07, 6.45) is 1.56. The van der Waals surface area contributed by atoms with Gasteiger partial charge in [0.2, 0.25) is 0 Å². The first-order valence-corrected chi connectivity index (χ1v) is 13.6. The Bertz CT molecular complexity index is 1560. The van der Waals surface area contributed by atoms with E-state index in [9.17, 15) is 14.7 Å². The summed E-state index contributed by atoms with van der Waals surface area (Å²) < 4.78 is 17.1. The molecular formula is C31H28N2O6S. The summed E-state index contributed by atoms with van der Waals surface area (Å²) in [6, 6.07) is 19.0. The van der Waals surface area contributed by atoms with E-state index in [1.807, 2.05) is 38.1 Å². The molecule has 0 saturated carbocycles. The molecule has 4 aromatic rings. The lowest BCUT2D eigenvalue weighted by atomic mass is 9.95. The molecule has 5 rings (SSSR count). The van der Waals surface area contributed by atoms with E-state index in [1.165, 1.54) is 23.3 Å². The van der Waals surface area contributed by atoms with Gasteiger partial charge in [0.1, 0.15) is 18.1 Å². The quantitative estimate of drug-likeness (QED) is 0.152. The molecule has 0 radical (unpaired) electrons. The van der Waals surface area contributed by atoms with Gasteiger partial charge in [0, 0.05) is 17.1 Å². The predicted octanol–water partition coefficient (Wildman–Crippen LogP) is 6.06. The monoisotopic (exact) mass is 556 g/mol. The van der Waals surface area contributed by atoms with Crippen molar-refractivity contribution >= 4 is 33.9 Å². The van der Waals surface area contributed by atoms with Crippen molar-refractivity contribution in [3.63, 3.8) is 0 Å². The molecule has 1 saturated heterocycles. The van der Waals surface area contributed by atoms with E-state index >= 15 is 0 Å². The molecule has 1 aliphatic heterocycles. The Morgan fingerprint density at radius 3 is 2.48 bits per heavy atom. The number of aryl methyl sites for hydroxylation is 1. The summed E-state index contributed by atoms with van der Waals surface area (Å²) in [4.78, 5) is 32.2. The number of carbonyl (C=O) groups excluding carboxylic acids is 2. The van der Waals surface area contributed by atoms with Gasteiger partial charge < -0.3 is 19.3 Å². The third-order valence-electron chi connectivity index (χ3n) is 6.66. The number of rotatable bonds is 9. The number of amides is 1. The lowest BCUT2D eigenvalue weighted by molar-refractivity contribution is -0.132. The minimum atomic E-state index is -0.923. The molecule has 0 bridgehead atoms. The number of aliphatic hydroxyl groups is 1. The number of nitrogens with zero attached hydrogens (tertiary/aromatic N) is 2. The maximum absolute atomic E-state index is 13.4. The van der Waals surface area contributed by atoms with Crippen molar-refractivity contribution in [3.05, 3.63) is 106 Å². The van der Waals surface area contributed by atoms with Crippen molar-refractivity contribution in [2.24, 2.45) is 0 Å². The molecule has 1 aromatic heterocycles. The molecule has 204 valence electrons. The third-order valence-corrected chi connectivity index (χ3v) is 7.43. The van der Waals surface area contributed by atoms with Gasteiger partial charge in [-0.3, -0.25) is 14.5 Å². The maximum atomic E-state index is 13.4. The topological polar surface area (TPSA) is 98.2 Å². The molecule has 8 nitrogen and oxygen atoms in total. The van der Waals surface area contributed by atoms with Crippen molar-refractivity contribution in [2.75, 3.05) is 18.6 Å². The fourth-order valence-corrected chi connectivity index (χ4v) is 5.27. The molecule has 2 heterocycles. The zero-order valence-electron chi connectivity index (χ0n) is 22.3. The molecule has 0 spiro atoms. The summed E-state index contributed by atoms with van der Waals surface area (Å²) in [6.45, 7) is 4.73. The number of methoxy groups -OCH3 is 1. The summed E-state index contributed by atoms with van der Waals surface area (Å²) in [5, 5.41) is 13.5. The van der Waals surface area contributed by atoms with Crippen LogP contribution in [0.2, 0.25) is 0 Å². The highest BCUT2D eigenvalue weighted by molar-refractivity contribution is 7.14. The van der Waals surface area contributed by atoms with Crippen LogP contribution >= 0.6 is 11.3 Å². The summed E-state index contributed by atoms with van der Waals surface area (Å²) in [5.41, 5.74) is 3.10. The van der Waals surface area contributed by atoms with Crippen LogP contribution in [0, 0.1) is 6.92 Å². The highest BCUT2D eigenvalue weighted by atomic mass is 32.1. The Kier molecular flexibility index (Phi) is 7.84.